The molecule has 4 aromatic rings. The number of aromatic nitrogens is 2. The Morgan fingerprint density at radius 2 is 1.22 bits per heavy atom. The van der Waals surface area contributed by atoms with Crippen LogP contribution in [0.2, 0.25) is 20.1 Å². The van der Waals surface area contributed by atoms with Gasteiger partial charge in [-0.15, -0.1) is 0 Å². The van der Waals surface area contributed by atoms with Gasteiger partial charge in [-0.1, -0.05) is 82.8 Å². The monoisotopic (exact) mass is 760 g/mol. The van der Waals surface area contributed by atoms with Crippen LogP contribution in [-0.4, -0.2) is 53.7 Å². The van der Waals surface area contributed by atoms with E-state index in [1.165, 1.54) is 16.7 Å². The minimum atomic E-state index is -0.225. The third-order valence-corrected chi connectivity index (χ3v) is 11.7. The molecule has 2 fully saturated rings. The third kappa shape index (κ3) is 7.72. The number of carbonyl (C=O) groups is 1. The van der Waals surface area contributed by atoms with Crippen LogP contribution in [0.5, 0.6) is 0 Å². The van der Waals surface area contributed by atoms with Gasteiger partial charge in [0.05, 0.1) is 28.0 Å². The number of hydrogen-bond acceptors (Lipinski definition) is 5. The van der Waals surface area contributed by atoms with Crippen molar-refractivity contribution in [1.82, 2.24) is 20.2 Å². The van der Waals surface area contributed by atoms with Gasteiger partial charge in [-0.25, -0.2) is 4.79 Å². The van der Waals surface area contributed by atoms with Crippen molar-refractivity contribution in [2.45, 2.75) is 44.4 Å². The first-order valence-electron chi connectivity index (χ1n) is 17.7. The second-order valence-corrected chi connectivity index (χ2v) is 15.1. The molecular weight excluding hydrogens is 722 g/mol. The number of nitrogens with one attached hydrogen (secondary N) is 1. The minimum Gasteiger partial charge on any atom is -0.450 e. The Morgan fingerprint density at radius 1 is 0.725 bits per heavy atom. The average molecular weight is 763 g/mol. The Balaban J connectivity index is 0.000000162. The number of hydrogen-bond donors (Lipinski definition) is 1. The molecule has 2 aromatic carbocycles. The summed E-state index contributed by atoms with van der Waals surface area (Å²) in [6.07, 6.45) is 15.8. The van der Waals surface area contributed by atoms with Crippen LogP contribution < -0.4 is 5.32 Å². The van der Waals surface area contributed by atoms with Gasteiger partial charge in [0.1, 0.15) is 0 Å². The van der Waals surface area contributed by atoms with E-state index in [2.05, 4.69) is 35.7 Å². The highest BCUT2D eigenvalue weighted by atomic mass is 35.5. The van der Waals surface area contributed by atoms with Crippen molar-refractivity contribution in [3.63, 3.8) is 0 Å². The molecule has 0 spiro atoms. The number of halogens is 4. The van der Waals surface area contributed by atoms with Crippen LogP contribution in [0, 0.1) is 11.8 Å². The van der Waals surface area contributed by atoms with Gasteiger partial charge in [0, 0.05) is 58.5 Å². The van der Waals surface area contributed by atoms with Gasteiger partial charge in [0.15, 0.2) is 0 Å². The predicted molar refractivity (Wildman–Crippen MR) is 210 cm³/mol. The van der Waals surface area contributed by atoms with Gasteiger partial charge in [-0.05, 0) is 116 Å². The van der Waals surface area contributed by atoms with Crippen LogP contribution >= 0.6 is 46.4 Å². The third-order valence-electron chi connectivity index (χ3n) is 10.5. The second kappa shape index (κ2) is 16.1. The zero-order valence-corrected chi connectivity index (χ0v) is 31.4. The second-order valence-electron chi connectivity index (χ2n) is 13.5. The van der Waals surface area contributed by atoms with Gasteiger partial charge in [0.25, 0.3) is 0 Å². The molecule has 0 radical (unpaired) electrons. The molecule has 8 rings (SSSR count). The Hall–Kier alpha value is -3.39. The lowest BCUT2D eigenvalue weighted by Crippen LogP contribution is -2.40. The molecule has 4 heterocycles. The molecular formula is C41H40Cl4N4O2. The predicted octanol–water partition coefficient (Wildman–Crippen LogP) is 10.9. The summed E-state index contributed by atoms with van der Waals surface area (Å²) < 4.78 is 5.16. The molecule has 6 nitrogen and oxygen atoms in total. The van der Waals surface area contributed by atoms with Gasteiger partial charge >= 0.3 is 6.09 Å². The van der Waals surface area contributed by atoms with Crippen molar-refractivity contribution in [3.8, 4) is 0 Å². The van der Waals surface area contributed by atoms with Crippen molar-refractivity contribution >= 4 is 76.8 Å². The average Bonchev–Trinajstić information content (AvgIpc) is 3.41. The Morgan fingerprint density at radius 3 is 1.71 bits per heavy atom. The highest BCUT2D eigenvalue weighted by molar-refractivity contribution is 6.33. The number of likely N-dealkylation sites (tertiary alicyclic amines) is 1. The topological polar surface area (TPSA) is 67.3 Å². The van der Waals surface area contributed by atoms with E-state index < -0.39 is 0 Å². The van der Waals surface area contributed by atoms with Crippen molar-refractivity contribution in [2.24, 2.45) is 11.8 Å². The molecule has 1 N–H and O–H groups in total. The van der Waals surface area contributed by atoms with E-state index in [4.69, 9.17) is 61.1 Å². The zero-order chi connectivity index (χ0) is 35.5. The highest BCUT2D eigenvalue weighted by Crippen LogP contribution is 2.45. The minimum absolute atomic E-state index is 0.111. The summed E-state index contributed by atoms with van der Waals surface area (Å²) in [5.74, 6) is 1.31. The summed E-state index contributed by atoms with van der Waals surface area (Å²) >= 11 is 25.4. The first kappa shape index (κ1) is 36.0. The first-order chi connectivity index (χ1) is 24.8. The van der Waals surface area contributed by atoms with Crippen LogP contribution in [0.15, 0.2) is 60.9 Å². The van der Waals surface area contributed by atoms with Gasteiger partial charge in [-0.3, -0.25) is 9.97 Å². The smallest absolute Gasteiger partial charge is 0.409 e. The number of carbonyl (C=O) groups excluding carboxylic acids is 1. The fourth-order valence-electron chi connectivity index (χ4n) is 8.10. The maximum atomic E-state index is 12.1. The van der Waals surface area contributed by atoms with Crippen molar-refractivity contribution in [2.75, 3.05) is 32.8 Å². The van der Waals surface area contributed by atoms with Crippen LogP contribution in [0.25, 0.3) is 24.3 Å². The molecule has 264 valence electrons. The lowest BCUT2D eigenvalue weighted by Gasteiger charge is -2.36. The summed E-state index contributed by atoms with van der Waals surface area (Å²) in [5.41, 5.74) is 8.91. The largest absolute Gasteiger partial charge is 0.450 e. The summed E-state index contributed by atoms with van der Waals surface area (Å²) in [6.45, 7) is 5.73. The summed E-state index contributed by atoms with van der Waals surface area (Å²) in [5, 5.41) is 6.40. The fourth-order valence-corrected chi connectivity index (χ4v) is 8.90. The van der Waals surface area contributed by atoms with E-state index in [1.807, 2.05) is 55.6 Å². The van der Waals surface area contributed by atoms with E-state index in [9.17, 15) is 4.79 Å². The van der Waals surface area contributed by atoms with E-state index in [1.54, 1.807) is 11.1 Å². The molecule has 2 aliphatic carbocycles. The number of ether oxygens (including phenoxy) is 1. The zero-order valence-electron chi connectivity index (χ0n) is 28.4. The number of benzene rings is 2. The number of pyridine rings is 2. The Kier molecular flexibility index (Phi) is 11.4. The van der Waals surface area contributed by atoms with Crippen LogP contribution in [-0.2, 0) is 4.74 Å². The normalized spacial score (nSPS) is 19.7. The molecule has 2 aliphatic heterocycles. The molecule has 2 atom stereocenters. The van der Waals surface area contributed by atoms with Crippen LogP contribution in [0.4, 0.5) is 4.79 Å². The maximum Gasteiger partial charge on any atom is 0.409 e. The number of fused-ring (bicyclic) bond motifs is 4. The Bertz CT molecular complexity index is 1970. The molecule has 2 unspecified atom stereocenters. The quantitative estimate of drug-likeness (QED) is 0.225. The van der Waals surface area contributed by atoms with Crippen LogP contribution in [0.1, 0.15) is 89.2 Å². The number of nitrogens with zero attached hydrogens (tertiary/aromatic N) is 3. The molecule has 0 saturated carbocycles. The molecule has 2 aromatic heterocycles. The summed E-state index contributed by atoms with van der Waals surface area (Å²) in [4.78, 5) is 23.3. The molecule has 51 heavy (non-hydrogen) atoms. The standard InChI is InChI=1S/C22H22Cl2N2O2.C19H18Cl2N2/c1-2-28-22(27)26-11-8-14(9-12-26)20-17-6-4-16(23)13-15(17)3-5-18-19(24)7-10-25-21(18)20;20-14-2-4-15-13(11-14)1-3-16-17(21)7-10-23-19(16)18(15)12-5-8-22-9-6-12/h3-7,10,13-14,20H,2,8-9,11-12H2,1H3;1-4,7,10-12,18,22H,5-6,8-9H2. The first-order valence-corrected chi connectivity index (χ1v) is 19.2. The molecule has 4 aliphatic rings. The fraction of sp³-hybridized carbons (Fsp3) is 0.341. The van der Waals surface area contributed by atoms with Gasteiger partial charge in [-0.2, -0.15) is 0 Å². The van der Waals surface area contributed by atoms with Crippen molar-refractivity contribution in [1.29, 1.82) is 0 Å². The number of rotatable bonds is 3. The number of amides is 1. The molecule has 10 heteroatoms. The van der Waals surface area contributed by atoms with E-state index >= 15 is 0 Å². The highest BCUT2D eigenvalue weighted by Gasteiger charge is 2.35. The van der Waals surface area contributed by atoms with E-state index in [0.717, 1.165) is 76.9 Å². The van der Waals surface area contributed by atoms with E-state index in [0.29, 0.717) is 41.6 Å². The lowest BCUT2D eigenvalue weighted by molar-refractivity contribution is 0.0900. The molecule has 0 bridgehead atoms. The number of piperidine rings is 2. The van der Waals surface area contributed by atoms with Crippen LogP contribution in [0.3, 0.4) is 0 Å². The summed E-state index contributed by atoms with van der Waals surface area (Å²) in [7, 11) is 0. The lowest BCUT2D eigenvalue weighted by atomic mass is 9.76. The van der Waals surface area contributed by atoms with Crippen molar-refractivity contribution in [3.05, 3.63) is 126 Å². The van der Waals surface area contributed by atoms with E-state index in [-0.39, 0.29) is 17.9 Å². The van der Waals surface area contributed by atoms with Gasteiger partial charge < -0.3 is 15.0 Å². The molecule has 2 saturated heterocycles. The summed E-state index contributed by atoms with van der Waals surface area (Å²) in [6, 6.07) is 15.9. The molecule has 1 amide bonds. The SMILES string of the molecule is CCOC(=O)N1CCC(C2c3ccc(Cl)cc3C=Cc3c(Cl)ccnc32)CC1.Clc1ccc2c(c1)C=Cc1c(Cl)ccnc1C2C1CCNCC1. The Labute approximate surface area is 319 Å². The van der Waals surface area contributed by atoms with Crippen molar-refractivity contribution < 1.29 is 9.53 Å². The van der Waals surface area contributed by atoms with Gasteiger partial charge in [0.2, 0.25) is 0 Å². The maximum absolute atomic E-state index is 12.1.